The van der Waals surface area contributed by atoms with Crippen LogP contribution in [0.2, 0.25) is 0 Å². The Morgan fingerprint density at radius 2 is 1.59 bits per heavy atom. The Bertz CT molecular complexity index is 922. The Hall–Kier alpha value is -2.48. The molecular formula is C22H27N3O3S. The van der Waals surface area contributed by atoms with Crippen molar-refractivity contribution >= 4 is 22.0 Å². The van der Waals surface area contributed by atoms with E-state index in [-0.39, 0.29) is 11.9 Å². The van der Waals surface area contributed by atoms with Crippen LogP contribution in [0.4, 0.5) is 0 Å². The second-order valence-electron chi connectivity index (χ2n) is 7.07. The van der Waals surface area contributed by atoms with Crippen LogP contribution in [-0.4, -0.2) is 55.8 Å². The Morgan fingerprint density at radius 3 is 2.21 bits per heavy atom. The number of carbonyl (C=O) groups excluding carboxylic acids is 1. The van der Waals surface area contributed by atoms with E-state index in [0.717, 1.165) is 11.1 Å². The highest BCUT2D eigenvalue weighted by Crippen LogP contribution is 2.13. The molecule has 6 nitrogen and oxygen atoms in total. The fourth-order valence-corrected chi connectivity index (χ4v) is 4.43. The lowest BCUT2D eigenvalue weighted by molar-refractivity contribution is -0.126. The molecule has 2 aromatic rings. The highest BCUT2D eigenvalue weighted by Gasteiger charge is 2.29. The summed E-state index contributed by atoms with van der Waals surface area (Å²) in [6.45, 7) is 4.15. The molecule has 7 heteroatoms. The number of sulfonamides is 1. The molecule has 1 saturated heterocycles. The number of hydrogen-bond acceptors (Lipinski definition) is 4. The van der Waals surface area contributed by atoms with Gasteiger partial charge in [0.15, 0.2) is 0 Å². The van der Waals surface area contributed by atoms with Crippen molar-refractivity contribution in [3.8, 4) is 0 Å². The van der Waals surface area contributed by atoms with E-state index in [9.17, 15) is 13.2 Å². The van der Waals surface area contributed by atoms with E-state index >= 15 is 0 Å². The van der Waals surface area contributed by atoms with E-state index in [1.54, 1.807) is 6.08 Å². The molecule has 1 aliphatic rings. The van der Waals surface area contributed by atoms with Crippen molar-refractivity contribution in [2.75, 3.05) is 26.2 Å². The van der Waals surface area contributed by atoms with Gasteiger partial charge in [0.1, 0.15) is 0 Å². The number of benzene rings is 2. The zero-order chi connectivity index (χ0) is 20.7. The summed E-state index contributed by atoms with van der Waals surface area (Å²) in [6.07, 6.45) is 1.61. The molecule has 0 aliphatic carbocycles. The number of hydrogen-bond donors (Lipinski definition) is 1. The number of nitrogens with zero attached hydrogens (tertiary/aromatic N) is 2. The van der Waals surface area contributed by atoms with Crippen LogP contribution in [0.15, 0.2) is 66.1 Å². The molecule has 1 amide bonds. The van der Waals surface area contributed by atoms with E-state index in [1.807, 2.05) is 72.5 Å². The third kappa shape index (κ3) is 6.00. The highest BCUT2D eigenvalue weighted by molar-refractivity contribution is 7.92. The Balaban J connectivity index is 1.50. The van der Waals surface area contributed by atoms with Gasteiger partial charge in [0, 0.05) is 38.1 Å². The summed E-state index contributed by atoms with van der Waals surface area (Å²) >= 11 is 0. The number of piperazine rings is 1. The first kappa shape index (κ1) is 21.2. The lowest BCUT2D eigenvalue weighted by atomic mass is 10.2. The zero-order valence-electron chi connectivity index (χ0n) is 16.6. The SMILES string of the molecule is C[C@@H](C(=O)NCc1ccccc1)N1CCN(S(=O)(=O)/C=C/c2ccccc2)CC1. The van der Waals surface area contributed by atoms with Crippen LogP contribution in [0.1, 0.15) is 18.1 Å². The zero-order valence-corrected chi connectivity index (χ0v) is 17.4. The molecule has 2 aromatic carbocycles. The lowest BCUT2D eigenvalue weighted by Crippen LogP contribution is -2.54. The molecule has 3 rings (SSSR count). The molecule has 0 aromatic heterocycles. The van der Waals surface area contributed by atoms with Gasteiger partial charge in [-0.05, 0) is 24.1 Å². The summed E-state index contributed by atoms with van der Waals surface area (Å²) in [4.78, 5) is 14.5. The minimum absolute atomic E-state index is 0.0471. The quantitative estimate of drug-likeness (QED) is 0.756. The molecule has 1 heterocycles. The normalized spacial score (nSPS) is 17.3. The second kappa shape index (κ2) is 9.82. The fraction of sp³-hybridized carbons (Fsp3) is 0.318. The van der Waals surface area contributed by atoms with Crippen LogP contribution in [0.25, 0.3) is 6.08 Å². The monoisotopic (exact) mass is 413 g/mol. The molecule has 1 fully saturated rings. The smallest absolute Gasteiger partial charge is 0.237 e. The number of rotatable bonds is 7. The van der Waals surface area contributed by atoms with Gasteiger partial charge in [-0.25, -0.2) is 8.42 Å². The summed E-state index contributed by atoms with van der Waals surface area (Å²) in [7, 11) is -3.47. The summed E-state index contributed by atoms with van der Waals surface area (Å²) in [5, 5.41) is 4.21. The van der Waals surface area contributed by atoms with Crippen LogP contribution in [0, 0.1) is 0 Å². The van der Waals surface area contributed by atoms with Crippen LogP contribution in [0.3, 0.4) is 0 Å². The van der Waals surface area contributed by atoms with Gasteiger partial charge in [-0.3, -0.25) is 9.69 Å². The van der Waals surface area contributed by atoms with Gasteiger partial charge in [0.2, 0.25) is 15.9 Å². The summed E-state index contributed by atoms with van der Waals surface area (Å²) in [6, 6.07) is 18.8. The molecule has 0 bridgehead atoms. The van der Waals surface area contributed by atoms with Crippen molar-refractivity contribution in [2.24, 2.45) is 0 Å². The van der Waals surface area contributed by atoms with Crippen molar-refractivity contribution in [2.45, 2.75) is 19.5 Å². The van der Waals surface area contributed by atoms with Gasteiger partial charge in [-0.1, -0.05) is 60.7 Å². The maximum absolute atomic E-state index is 12.6. The van der Waals surface area contributed by atoms with Gasteiger partial charge in [-0.15, -0.1) is 0 Å². The van der Waals surface area contributed by atoms with Gasteiger partial charge >= 0.3 is 0 Å². The molecule has 0 unspecified atom stereocenters. The maximum Gasteiger partial charge on any atom is 0.237 e. The third-order valence-corrected chi connectivity index (χ3v) is 6.67. The summed E-state index contributed by atoms with van der Waals surface area (Å²) in [5.41, 5.74) is 1.90. The van der Waals surface area contributed by atoms with Gasteiger partial charge < -0.3 is 5.32 Å². The van der Waals surface area contributed by atoms with E-state index < -0.39 is 10.0 Å². The van der Waals surface area contributed by atoms with Gasteiger partial charge in [-0.2, -0.15) is 4.31 Å². The van der Waals surface area contributed by atoms with Crippen molar-refractivity contribution in [1.29, 1.82) is 0 Å². The molecule has 1 atom stereocenters. The Kier molecular flexibility index (Phi) is 7.19. The van der Waals surface area contributed by atoms with E-state index in [4.69, 9.17) is 0 Å². The molecule has 154 valence electrons. The minimum Gasteiger partial charge on any atom is -0.351 e. The van der Waals surface area contributed by atoms with Crippen LogP contribution >= 0.6 is 0 Å². The predicted molar refractivity (Wildman–Crippen MR) is 115 cm³/mol. The first-order valence-electron chi connectivity index (χ1n) is 9.75. The first-order chi connectivity index (χ1) is 14.0. The second-order valence-corrected chi connectivity index (χ2v) is 8.89. The summed E-state index contributed by atoms with van der Waals surface area (Å²) < 4.78 is 26.6. The lowest BCUT2D eigenvalue weighted by Gasteiger charge is -2.36. The fourth-order valence-electron chi connectivity index (χ4n) is 3.26. The highest BCUT2D eigenvalue weighted by atomic mass is 32.2. The Morgan fingerprint density at radius 1 is 1.00 bits per heavy atom. The van der Waals surface area contributed by atoms with Crippen molar-refractivity contribution < 1.29 is 13.2 Å². The molecule has 1 N–H and O–H groups in total. The van der Waals surface area contributed by atoms with Crippen molar-refractivity contribution in [3.63, 3.8) is 0 Å². The third-order valence-electron chi connectivity index (χ3n) is 5.10. The Labute approximate surface area is 172 Å². The molecule has 0 spiro atoms. The van der Waals surface area contributed by atoms with Gasteiger partial charge in [0.05, 0.1) is 6.04 Å². The van der Waals surface area contributed by atoms with Crippen molar-refractivity contribution in [3.05, 3.63) is 77.2 Å². The first-order valence-corrected chi connectivity index (χ1v) is 11.2. The number of nitrogens with one attached hydrogen (secondary N) is 1. The average Bonchev–Trinajstić information content (AvgIpc) is 2.77. The molecule has 29 heavy (non-hydrogen) atoms. The molecule has 0 radical (unpaired) electrons. The predicted octanol–water partition coefficient (Wildman–Crippen LogP) is 2.31. The summed E-state index contributed by atoms with van der Waals surface area (Å²) in [5.74, 6) is -0.0471. The number of carbonyl (C=O) groups is 1. The van der Waals surface area contributed by atoms with Gasteiger partial charge in [0.25, 0.3) is 0 Å². The molecular weight excluding hydrogens is 386 g/mol. The van der Waals surface area contributed by atoms with E-state index in [1.165, 1.54) is 9.71 Å². The van der Waals surface area contributed by atoms with Crippen molar-refractivity contribution in [1.82, 2.24) is 14.5 Å². The van der Waals surface area contributed by atoms with Crippen LogP contribution < -0.4 is 5.32 Å². The van der Waals surface area contributed by atoms with E-state index in [0.29, 0.717) is 32.7 Å². The van der Waals surface area contributed by atoms with E-state index in [2.05, 4.69) is 5.32 Å². The topological polar surface area (TPSA) is 69.7 Å². The molecule has 1 aliphatic heterocycles. The van der Waals surface area contributed by atoms with Crippen LogP contribution in [-0.2, 0) is 21.4 Å². The van der Waals surface area contributed by atoms with Crippen LogP contribution in [0.5, 0.6) is 0 Å². The number of amides is 1. The minimum atomic E-state index is -3.47. The average molecular weight is 414 g/mol. The largest absolute Gasteiger partial charge is 0.351 e. The standard InChI is InChI=1S/C22H27N3O3S/c1-19(22(26)23-18-21-10-6-3-7-11-21)24-13-15-25(16-14-24)29(27,28)17-12-20-8-4-2-5-9-20/h2-12,17,19H,13-16,18H2,1H3,(H,23,26)/b17-12+/t19-/m0/s1. The maximum atomic E-state index is 12.6. The molecule has 0 saturated carbocycles.